The molecule has 1 aromatic carbocycles. The van der Waals surface area contributed by atoms with E-state index in [0.29, 0.717) is 17.1 Å². The van der Waals surface area contributed by atoms with Crippen molar-refractivity contribution in [3.05, 3.63) is 30.0 Å². The predicted molar refractivity (Wildman–Crippen MR) is 71.3 cm³/mol. The molecular formula is C13H14N4O. The minimum absolute atomic E-state index is 0.240. The summed E-state index contributed by atoms with van der Waals surface area (Å²) in [6.45, 7) is 1.95. The molecule has 0 fully saturated rings. The van der Waals surface area contributed by atoms with Gasteiger partial charge in [-0.15, -0.1) is 0 Å². The van der Waals surface area contributed by atoms with E-state index in [1.54, 1.807) is 17.8 Å². The van der Waals surface area contributed by atoms with Gasteiger partial charge in [0.1, 0.15) is 11.6 Å². The molecule has 3 aromatic rings. The Kier molecular flexibility index (Phi) is 2.10. The normalized spacial score (nSPS) is 11.2. The Morgan fingerprint density at radius 2 is 2.17 bits per heavy atom. The number of phenolic OH excluding ortho intramolecular Hbond substituents is 1. The first-order valence-corrected chi connectivity index (χ1v) is 5.67. The lowest BCUT2D eigenvalue weighted by atomic mass is 10.1. The van der Waals surface area contributed by atoms with Gasteiger partial charge in [0.15, 0.2) is 0 Å². The zero-order valence-corrected chi connectivity index (χ0v) is 10.2. The van der Waals surface area contributed by atoms with E-state index in [1.807, 2.05) is 25.3 Å². The number of nitrogens with zero attached hydrogens (tertiary/aromatic N) is 2. The number of H-pyrrole nitrogens is 1. The van der Waals surface area contributed by atoms with Crippen molar-refractivity contribution < 1.29 is 5.11 Å². The quantitative estimate of drug-likeness (QED) is 0.611. The summed E-state index contributed by atoms with van der Waals surface area (Å²) in [5.41, 5.74) is 9.05. The van der Waals surface area contributed by atoms with Gasteiger partial charge in [0.2, 0.25) is 0 Å². The molecule has 0 aliphatic heterocycles. The van der Waals surface area contributed by atoms with Gasteiger partial charge in [-0.3, -0.25) is 4.68 Å². The lowest BCUT2D eigenvalue weighted by Gasteiger charge is -2.03. The van der Waals surface area contributed by atoms with Crippen LogP contribution in [0.4, 0.5) is 5.82 Å². The number of aromatic amines is 1. The van der Waals surface area contributed by atoms with Gasteiger partial charge in [-0.1, -0.05) is 0 Å². The van der Waals surface area contributed by atoms with Crippen LogP contribution in [0, 0.1) is 6.92 Å². The third kappa shape index (κ3) is 1.37. The molecule has 92 valence electrons. The molecule has 5 heteroatoms. The maximum atomic E-state index is 10.4. The van der Waals surface area contributed by atoms with E-state index >= 15 is 0 Å². The van der Waals surface area contributed by atoms with E-state index in [1.165, 1.54) is 0 Å². The van der Waals surface area contributed by atoms with Gasteiger partial charge in [-0.2, -0.15) is 5.10 Å². The highest BCUT2D eigenvalue weighted by Gasteiger charge is 2.14. The number of benzene rings is 1. The highest BCUT2D eigenvalue weighted by atomic mass is 16.3. The topological polar surface area (TPSA) is 79.9 Å². The maximum Gasteiger partial charge on any atom is 0.134 e. The third-order valence-corrected chi connectivity index (χ3v) is 3.21. The average Bonchev–Trinajstić information content (AvgIpc) is 2.85. The van der Waals surface area contributed by atoms with Crippen molar-refractivity contribution in [2.75, 3.05) is 5.73 Å². The minimum atomic E-state index is 0.240. The first-order chi connectivity index (χ1) is 8.58. The Hall–Kier alpha value is -2.43. The summed E-state index contributed by atoms with van der Waals surface area (Å²) in [5.74, 6) is 0.805. The Bertz CT molecular complexity index is 719. The van der Waals surface area contributed by atoms with Crippen LogP contribution in [0.1, 0.15) is 5.56 Å². The Labute approximate surface area is 104 Å². The highest BCUT2D eigenvalue weighted by Crippen LogP contribution is 2.37. The van der Waals surface area contributed by atoms with Gasteiger partial charge < -0.3 is 15.8 Å². The number of hydrogen-bond acceptors (Lipinski definition) is 3. The second kappa shape index (κ2) is 3.53. The minimum Gasteiger partial charge on any atom is -0.507 e. The monoisotopic (exact) mass is 242 g/mol. The third-order valence-electron chi connectivity index (χ3n) is 3.21. The molecule has 0 radical (unpaired) electrons. The number of aromatic nitrogens is 3. The van der Waals surface area contributed by atoms with E-state index in [9.17, 15) is 5.11 Å². The van der Waals surface area contributed by atoms with Crippen LogP contribution in [0.2, 0.25) is 0 Å². The van der Waals surface area contributed by atoms with Gasteiger partial charge in [0.25, 0.3) is 0 Å². The van der Waals surface area contributed by atoms with Crippen LogP contribution in [-0.2, 0) is 7.05 Å². The van der Waals surface area contributed by atoms with E-state index in [2.05, 4.69) is 10.1 Å². The molecule has 0 saturated heterocycles. The van der Waals surface area contributed by atoms with Crippen LogP contribution in [-0.4, -0.2) is 19.9 Å². The summed E-state index contributed by atoms with van der Waals surface area (Å²) in [7, 11) is 1.77. The molecule has 0 aliphatic carbocycles. The molecule has 0 amide bonds. The number of fused-ring (bicyclic) bond motifs is 1. The number of nitrogens with one attached hydrogen (secondary N) is 1. The summed E-state index contributed by atoms with van der Waals surface area (Å²) in [6, 6.07) is 5.53. The molecule has 18 heavy (non-hydrogen) atoms. The summed E-state index contributed by atoms with van der Waals surface area (Å²) >= 11 is 0. The van der Waals surface area contributed by atoms with Crippen LogP contribution in [0.5, 0.6) is 5.75 Å². The SMILES string of the molecule is Cc1c[nH]c2ccc(-c3cc(N)n(C)n3)c(O)c12. The van der Waals surface area contributed by atoms with E-state index in [0.717, 1.165) is 16.5 Å². The fourth-order valence-electron chi connectivity index (χ4n) is 2.19. The summed E-state index contributed by atoms with van der Waals surface area (Å²) in [6.07, 6.45) is 1.88. The van der Waals surface area contributed by atoms with Crippen molar-refractivity contribution in [2.45, 2.75) is 6.92 Å². The van der Waals surface area contributed by atoms with Crippen molar-refractivity contribution in [3.63, 3.8) is 0 Å². The molecular weight excluding hydrogens is 228 g/mol. The molecule has 2 heterocycles. The van der Waals surface area contributed by atoms with E-state index in [-0.39, 0.29) is 5.75 Å². The molecule has 0 aliphatic rings. The lowest BCUT2D eigenvalue weighted by molar-refractivity contribution is 0.483. The van der Waals surface area contributed by atoms with Crippen molar-refractivity contribution in [1.82, 2.24) is 14.8 Å². The van der Waals surface area contributed by atoms with Crippen LogP contribution in [0.3, 0.4) is 0 Å². The van der Waals surface area contributed by atoms with Crippen molar-refractivity contribution >= 4 is 16.7 Å². The van der Waals surface area contributed by atoms with Gasteiger partial charge in [-0.25, -0.2) is 0 Å². The smallest absolute Gasteiger partial charge is 0.134 e. The number of aryl methyl sites for hydroxylation is 2. The first-order valence-electron chi connectivity index (χ1n) is 5.67. The second-order valence-electron chi connectivity index (χ2n) is 4.43. The van der Waals surface area contributed by atoms with Crippen molar-refractivity contribution in [1.29, 1.82) is 0 Å². The summed E-state index contributed by atoms with van der Waals surface area (Å²) in [4.78, 5) is 3.11. The zero-order chi connectivity index (χ0) is 12.9. The number of aromatic hydroxyl groups is 1. The van der Waals surface area contributed by atoms with E-state index < -0.39 is 0 Å². The van der Waals surface area contributed by atoms with Crippen LogP contribution in [0.15, 0.2) is 24.4 Å². The average molecular weight is 242 g/mol. The molecule has 0 atom stereocenters. The van der Waals surface area contributed by atoms with Crippen molar-refractivity contribution in [3.8, 4) is 17.0 Å². The van der Waals surface area contributed by atoms with E-state index in [4.69, 9.17) is 5.73 Å². The fourth-order valence-corrected chi connectivity index (χ4v) is 2.19. The fraction of sp³-hybridized carbons (Fsp3) is 0.154. The number of anilines is 1. The number of nitrogen functional groups attached to an aromatic ring is 1. The summed E-state index contributed by atoms with van der Waals surface area (Å²) in [5, 5.41) is 15.5. The molecule has 0 saturated carbocycles. The number of hydrogen-bond donors (Lipinski definition) is 3. The number of nitrogens with two attached hydrogens (primary N) is 1. The summed E-state index contributed by atoms with van der Waals surface area (Å²) < 4.78 is 1.59. The van der Waals surface area contributed by atoms with Gasteiger partial charge in [-0.05, 0) is 24.6 Å². The molecule has 0 bridgehead atoms. The second-order valence-corrected chi connectivity index (χ2v) is 4.43. The Morgan fingerprint density at radius 1 is 1.39 bits per heavy atom. The van der Waals surface area contributed by atoms with Crippen molar-refractivity contribution in [2.24, 2.45) is 7.05 Å². The van der Waals surface area contributed by atoms with Gasteiger partial charge >= 0.3 is 0 Å². The first kappa shape index (κ1) is 10.7. The lowest BCUT2D eigenvalue weighted by Crippen LogP contribution is -1.96. The highest BCUT2D eigenvalue weighted by molar-refractivity contribution is 5.95. The van der Waals surface area contributed by atoms with Crippen LogP contribution < -0.4 is 5.73 Å². The molecule has 2 aromatic heterocycles. The van der Waals surface area contributed by atoms with Gasteiger partial charge in [0, 0.05) is 35.8 Å². The Balaban J connectivity index is 2.29. The standard InChI is InChI=1S/C13H14N4O/c1-7-6-15-9-4-3-8(13(18)12(7)9)10-5-11(14)17(2)16-10/h3-6,15,18H,14H2,1-2H3. The molecule has 0 spiro atoms. The van der Waals surface area contributed by atoms with Crippen LogP contribution >= 0.6 is 0 Å². The molecule has 5 nitrogen and oxygen atoms in total. The number of rotatable bonds is 1. The Morgan fingerprint density at radius 3 is 2.83 bits per heavy atom. The van der Waals surface area contributed by atoms with Crippen LogP contribution in [0.25, 0.3) is 22.2 Å². The molecule has 4 N–H and O–H groups in total. The molecule has 0 unspecified atom stereocenters. The number of phenols is 1. The van der Waals surface area contributed by atoms with Gasteiger partial charge in [0.05, 0.1) is 5.69 Å². The zero-order valence-electron chi connectivity index (χ0n) is 10.2. The predicted octanol–water partition coefficient (Wildman–Crippen LogP) is 2.16. The maximum absolute atomic E-state index is 10.4. The largest absolute Gasteiger partial charge is 0.507 e. The molecule has 3 rings (SSSR count).